The molecular weight excluding hydrogens is 406 g/mol. The number of pyridine rings is 1. The van der Waals surface area contributed by atoms with Gasteiger partial charge < -0.3 is 10.1 Å². The third-order valence-corrected chi connectivity index (χ3v) is 5.69. The van der Waals surface area contributed by atoms with Crippen molar-refractivity contribution in [3.8, 4) is 17.6 Å². The van der Waals surface area contributed by atoms with Crippen molar-refractivity contribution < 1.29 is 9.53 Å². The maximum Gasteiger partial charge on any atom is 0.237 e. The van der Waals surface area contributed by atoms with E-state index in [2.05, 4.69) is 23.3 Å². The van der Waals surface area contributed by atoms with Crippen LogP contribution in [0.1, 0.15) is 37.9 Å². The largest absolute Gasteiger partial charge is 0.457 e. The minimum absolute atomic E-state index is 0.147. The second-order valence-corrected chi connectivity index (χ2v) is 8.39. The number of amides is 1. The summed E-state index contributed by atoms with van der Waals surface area (Å²) in [5.41, 5.74) is 2.13. The minimum atomic E-state index is -0.402. The molecule has 3 rings (SSSR count). The first-order valence-corrected chi connectivity index (χ1v) is 11.2. The topological polar surface area (TPSA) is 75.0 Å². The van der Waals surface area contributed by atoms with Crippen molar-refractivity contribution in [2.75, 3.05) is 5.32 Å². The lowest BCUT2D eigenvalue weighted by Gasteiger charge is -2.13. The van der Waals surface area contributed by atoms with Crippen molar-refractivity contribution in [2.24, 2.45) is 0 Å². The molecular formula is C25H25N3O2S. The fourth-order valence-corrected chi connectivity index (χ4v) is 3.76. The van der Waals surface area contributed by atoms with Crippen LogP contribution in [0.4, 0.5) is 5.69 Å². The van der Waals surface area contributed by atoms with Gasteiger partial charge in [-0.25, -0.2) is 4.98 Å². The van der Waals surface area contributed by atoms with E-state index in [1.807, 2.05) is 55.5 Å². The zero-order chi connectivity index (χ0) is 22.1. The minimum Gasteiger partial charge on any atom is -0.457 e. The highest BCUT2D eigenvalue weighted by molar-refractivity contribution is 8.00. The molecule has 1 N–H and O–H groups in total. The van der Waals surface area contributed by atoms with Crippen LogP contribution in [0.3, 0.4) is 0 Å². The highest BCUT2D eigenvalue weighted by Crippen LogP contribution is 2.27. The Hall–Kier alpha value is -3.30. The molecule has 3 aromatic rings. The molecule has 5 nitrogen and oxygen atoms in total. The Morgan fingerprint density at radius 3 is 2.48 bits per heavy atom. The van der Waals surface area contributed by atoms with E-state index < -0.39 is 5.25 Å². The summed E-state index contributed by atoms with van der Waals surface area (Å²) < 4.78 is 5.77. The molecule has 1 unspecified atom stereocenters. The zero-order valence-corrected chi connectivity index (χ0v) is 18.5. The van der Waals surface area contributed by atoms with E-state index in [1.165, 1.54) is 11.8 Å². The number of unbranched alkanes of at least 4 members (excludes halogenated alkanes) is 1. The van der Waals surface area contributed by atoms with Crippen LogP contribution in [0.15, 0.2) is 71.8 Å². The normalized spacial score (nSPS) is 11.4. The van der Waals surface area contributed by atoms with E-state index in [4.69, 9.17) is 4.74 Å². The van der Waals surface area contributed by atoms with Crippen molar-refractivity contribution >= 4 is 23.4 Å². The Balaban J connectivity index is 1.61. The molecule has 0 fully saturated rings. The SMILES string of the molecule is CCCCc1ccc(C#N)c(SC(C)C(=O)Nc2ccc(Oc3ccccc3)cc2)n1. The number of anilines is 1. The fraction of sp³-hybridized carbons (Fsp3) is 0.240. The van der Waals surface area contributed by atoms with Crippen molar-refractivity contribution in [3.63, 3.8) is 0 Å². The maximum atomic E-state index is 12.7. The first kappa shape index (κ1) is 22.4. The number of aryl methyl sites for hydroxylation is 1. The van der Waals surface area contributed by atoms with Crippen LogP contribution in [-0.4, -0.2) is 16.1 Å². The molecule has 0 saturated heterocycles. The first-order chi connectivity index (χ1) is 15.1. The van der Waals surface area contributed by atoms with Gasteiger partial charge in [0.05, 0.1) is 10.8 Å². The number of nitrogens with one attached hydrogen (secondary N) is 1. The quantitative estimate of drug-likeness (QED) is 0.408. The van der Waals surface area contributed by atoms with Crippen LogP contribution in [0.5, 0.6) is 11.5 Å². The summed E-state index contributed by atoms with van der Waals surface area (Å²) in [7, 11) is 0. The molecule has 0 spiro atoms. The monoisotopic (exact) mass is 431 g/mol. The molecule has 1 aromatic heterocycles. The molecule has 6 heteroatoms. The molecule has 2 aromatic carbocycles. The highest BCUT2D eigenvalue weighted by Gasteiger charge is 2.18. The van der Waals surface area contributed by atoms with Crippen LogP contribution >= 0.6 is 11.8 Å². The molecule has 158 valence electrons. The molecule has 0 radical (unpaired) electrons. The van der Waals surface area contributed by atoms with E-state index in [0.29, 0.717) is 22.0 Å². The smallest absolute Gasteiger partial charge is 0.237 e. The van der Waals surface area contributed by atoms with Crippen molar-refractivity contribution in [2.45, 2.75) is 43.4 Å². The Bertz CT molecular complexity index is 1050. The summed E-state index contributed by atoms with van der Waals surface area (Å²) in [4.78, 5) is 17.3. The number of hydrogen-bond acceptors (Lipinski definition) is 5. The van der Waals surface area contributed by atoms with Crippen LogP contribution in [0.25, 0.3) is 0 Å². The number of rotatable bonds is 9. The van der Waals surface area contributed by atoms with Gasteiger partial charge in [0.15, 0.2) is 0 Å². The van der Waals surface area contributed by atoms with Gasteiger partial charge in [-0.05, 0) is 68.3 Å². The summed E-state index contributed by atoms with van der Waals surface area (Å²) in [5.74, 6) is 1.30. The third kappa shape index (κ3) is 6.59. The van der Waals surface area contributed by atoms with Gasteiger partial charge in [0.25, 0.3) is 0 Å². The molecule has 0 aliphatic rings. The predicted octanol–water partition coefficient (Wildman–Crippen LogP) is 6.21. The van der Waals surface area contributed by atoms with E-state index in [0.717, 1.165) is 30.7 Å². The van der Waals surface area contributed by atoms with Gasteiger partial charge in [0, 0.05) is 11.4 Å². The molecule has 0 bridgehead atoms. The Morgan fingerprint density at radius 2 is 1.81 bits per heavy atom. The summed E-state index contributed by atoms with van der Waals surface area (Å²) in [6.07, 6.45) is 2.99. The average Bonchev–Trinajstić information content (AvgIpc) is 2.79. The molecule has 1 amide bonds. The molecule has 0 saturated carbocycles. The zero-order valence-electron chi connectivity index (χ0n) is 17.7. The van der Waals surface area contributed by atoms with Gasteiger partial charge in [-0.2, -0.15) is 5.26 Å². The van der Waals surface area contributed by atoms with E-state index in [1.54, 1.807) is 18.2 Å². The lowest BCUT2D eigenvalue weighted by Crippen LogP contribution is -2.22. The summed E-state index contributed by atoms with van der Waals surface area (Å²) in [6.45, 7) is 3.94. The standard InChI is InChI=1S/C25H25N3O2S/c1-3-4-8-20-12-11-19(17-26)25(28-20)31-18(2)24(29)27-21-13-15-23(16-14-21)30-22-9-6-5-7-10-22/h5-7,9-16,18H,3-4,8H2,1-2H3,(H,27,29). The maximum absolute atomic E-state index is 12.7. The van der Waals surface area contributed by atoms with Crippen LogP contribution in [-0.2, 0) is 11.2 Å². The number of benzene rings is 2. The van der Waals surface area contributed by atoms with Gasteiger partial charge in [-0.1, -0.05) is 43.3 Å². The van der Waals surface area contributed by atoms with Gasteiger partial charge in [-0.3, -0.25) is 4.79 Å². The number of hydrogen-bond donors (Lipinski definition) is 1. The summed E-state index contributed by atoms with van der Waals surface area (Å²) in [5, 5.41) is 12.5. The fourth-order valence-electron chi connectivity index (χ4n) is 2.85. The van der Waals surface area contributed by atoms with Crippen LogP contribution in [0, 0.1) is 11.3 Å². The van der Waals surface area contributed by atoms with Crippen molar-refractivity contribution in [1.82, 2.24) is 4.98 Å². The number of nitrogens with zero attached hydrogens (tertiary/aromatic N) is 2. The molecule has 0 aliphatic carbocycles. The first-order valence-electron chi connectivity index (χ1n) is 10.3. The van der Waals surface area contributed by atoms with E-state index >= 15 is 0 Å². The second-order valence-electron chi connectivity index (χ2n) is 7.06. The number of nitriles is 1. The third-order valence-electron chi connectivity index (χ3n) is 4.58. The number of thioether (sulfide) groups is 1. The molecule has 1 heterocycles. The lowest BCUT2D eigenvalue weighted by molar-refractivity contribution is -0.115. The van der Waals surface area contributed by atoms with Crippen molar-refractivity contribution in [3.05, 3.63) is 78.0 Å². The van der Waals surface area contributed by atoms with E-state index in [-0.39, 0.29) is 5.91 Å². The van der Waals surface area contributed by atoms with Crippen LogP contribution in [0.2, 0.25) is 0 Å². The van der Waals surface area contributed by atoms with Crippen LogP contribution < -0.4 is 10.1 Å². The summed E-state index contributed by atoms with van der Waals surface area (Å²) in [6, 6.07) is 22.6. The summed E-state index contributed by atoms with van der Waals surface area (Å²) >= 11 is 1.30. The molecule has 1 atom stereocenters. The Morgan fingerprint density at radius 1 is 1.10 bits per heavy atom. The van der Waals surface area contributed by atoms with Gasteiger partial charge in [0.1, 0.15) is 22.6 Å². The highest BCUT2D eigenvalue weighted by atomic mass is 32.2. The van der Waals surface area contributed by atoms with Gasteiger partial charge >= 0.3 is 0 Å². The number of aromatic nitrogens is 1. The second kappa shape index (κ2) is 11.2. The Kier molecular flexibility index (Phi) is 8.08. The predicted molar refractivity (Wildman–Crippen MR) is 124 cm³/mol. The van der Waals surface area contributed by atoms with Gasteiger partial charge in [-0.15, -0.1) is 0 Å². The number of carbonyl (C=O) groups is 1. The number of carbonyl (C=O) groups excluding carboxylic acids is 1. The average molecular weight is 432 g/mol. The lowest BCUT2D eigenvalue weighted by atomic mass is 10.2. The Labute approximate surface area is 187 Å². The van der Waals surface area contributed by atoms with Gasteiger partial charge in [0.2, 0.25) is 5.91 Å². The molecule has 31 heavy (non-hydrogen) atoms. The number of ether oxygens (including phenoxy) is 1. The number of para-hydroxylation sites is 1. The van der Waals surface area contributed by atoms with Crippen molar-refractivity contribution in [1.29, 1.82) is 5.26 Å². The van der Waals surface area contributed by atoms with E-state index in [9.17, 15) is 10.1 Å². The molecule has 0 aliphatic heterocycles.